The third-order valence-corrected chi connectivity index (χ3v) is 3.60. The predicted octanol–water partition coefficient (Wildman–Crippen LogP) is 3.26. The second kappa shape index (κ2) is 5.25. The van der Waals surface area contributed by atoms with Crippen LogP contribution < -0.4 is 5.32 Å². The number of carboxylic acid groups (broad SMARTS) is 1. The molecule has 0 amide bonds. The Kier molecular flexibility index (Phi) is 3.92. The molecule has 0 aliphatic carbocycles. The number of carboxylic acids is 1. The standard InChI is InChI=1S/C12H13Cl2NO2/c13-7-4-5-9(14)8(6-7)10-2-1-3-11(15-10)12(16)17/h4-6,10-11,15H,1-3H2,(H,16,17). The van der Waals surface area contributed by atoms with Crippen LogP contribution in [0.2, 0.25) is 10.0 Å². The van der Waals surface area contributed by atoms with E-state index in [0.717, 1.165) is 18.4 Å². The van der Waals surface area contributed by atoms with E-state index in [2.05, 4.69) is 5.32 Å². The zero-order valence-electron chi connectivity index (χ0n) is 9.12. The number of hydrogen-bond donors (Lipinski definition) is 2. The average molecular weight is 274 g/mol. The smallest absolute Gasteiger partial charge is 0.320 e. The fourth-order valence-corrected chi connectivity index (χ4v) is 2.59. The number of carbonyl (C=O) groups is 1. The van der Waals surface area contributed by atoms with Gasteiger partial charge in [0.15, 0.2) is 0 Å². The van der Waals surface area contributed by atoms with Gasteiger partial charge in [-0.15, -0.1) is 0 Å². The summed E-state index contributed by atoms with van der Waals surface area (Å²) in [5.74, 6) is -0.812. The van der Waals surface area contributed by atoms with Crippen LogP contribution in [0.15, 0.2) is 18.2 Å². The van der Waals surface area contributed by atoms with Gasteiger partial charge in [0, 0.05) is 16.1 Å². The van der Waals surface area contributed by atoms with E-state index >= 15 is 0 Å². The summed E-state index contributed by atoms with van der Waals surface area (Å²) in [7, 11) is 0. The molecule has 1 aromatic carbocycles. The van der Waals surface area contributed by atoms with Gasteiger partial charge in [0.1, 0.15) is 6.04 Å². The zero-order valence-corrected chi connectivity index (χ0v) is 10.6. The summed E-state index contributed by atoms with van der Waals surface area (Å²) in [4.78, 5) is 11.0. The molecule has 0 aromatic heterocycles. The van der Waals surface area contributed by atoms with E-state index < -0.39 is 12.0 Å². The fraction of sp³-hybridized carbons (Fsp3) is 0.417. The topological polar surface area (TPSA) is 49.3 Å². The van der Waals surface area contributed by atoms with Crippen molar-refractivity contribution in [3.8, 4) is 0 Å². The van der Waals surface area contributed by atoms with Crippen LogP contribution in [0.5, 0.6) is 0 Å². The number of nitrogens with one attached hydrogen (secondary N) is 1. The van der Waals surface area contributed by atoms with Gasteiger partial charge in [-0.25, -0.2) is 0 Å². The molecular weight excluding hydrogens is 261 g/mol. The lowest BCUT2D eigenvalue weighted by molar-refractivity contribution is -0.140. The molecule has 1 heterocycles. The van der Waals surface area contributed by atoms with Crippen molar-refractivity contribution in [1.29, 1.82) is 0 Å². The van der Waals surface area contributed by atoms with Gasteiger partial charge >= 0.3 is 5.97 Å². The lowest BCUT2D eigenvalue weighted by Crippen LogP contribution is -2.42. The maximum Gasteiger partial charge on any atom is 0.320 e. The van der Waals surface area contributed by atoms with E-state index in [1.807, 2.05) is 0 Å². The van der Waals surface area contributed by atoms with Crippen molar-refractivity contribution in [3.63, 3.8) is 0 Å². The predicted molar refractivity (Wildman–Crippen MR) is 67.6 cm³/mol. The molecule has 0 radical (unpaired) electrons. The monoisotopic (exact) mass is 273 g/mol. The Morgan fingerprint density at radius 1 is 1.35 bits per heavy atom. The van der Waals surface area contributed by atoms with Crippen LogP contribution >= 0.6 is 23.2 Å². The largest absolute Gasteiger partial charge is 0.480 e. The van der Waals surface area contributed by atoms with E-state index in [0.29, 0.717) is 16.5 Å². The Hall–Kier alpha value is -0.770. The van der Waals surface area contributed by atoms with Gasteiger partial charge in [0.2, 0.25) is 0 Å². The summed E-state index contributed by atoms with van der Waals surface area (Å²) >= 11 is 12.0. The molecule has 0 saturated carbocycles. The van der Waals surface area contributed by atoms with Crippen molar-refractivity contribution in [1.82, 2.24) is 5.32 Å². The normalized spacial score (nSPS) is 24.6. The Labute approximate surface area is 110 Å². The molecule has 0 spiro atoms. The maximum absolute atomic E-state index is 11.0. The van der Waals surface area contributed by atoms with Gasteiger partial charge < -0.3 is 5.11 Å². The van der Waals surface area contributed by atoms with E-state index in [9.17, 15) is 4.79 Å². The summed E-state index contributed by atoms with van der Waals surface area (Å²) in [5.41, 5.74) is 0.880. The van der Waals surface area contributed by atoms with Gasteiger partial charge in [0.05, 0.1) is 0 Å². The van der Waals surface area contributed by atoms with Crippen LogP contribution in [-0.4, -0.2) is 17.1 Å². The number of piperidine rings is 1. The second-order valence-corrected chi connectivity index (χ2v) is 5.05. The van der Waals surface area contributed by atoms with Crippen molar-refractivity contribution in [2.24, 2.45) is 0 Å². The van der Waals surface area contributed by atoms with Crippen LogP contribution in [0, 0.1) is 0 Å². The first-order valence-corrected chi connectivity index (χ1v) is 6.27. The van der Waals surface area contributed by atoms with Gasteiger partial charge in [-0.3, -0.25) is 10.1 Å². The molecule has 1 fully saturated rings. The molecule has 92 valence electrons. The van der Waals surface area contributed by atoms with E-state index in [-0.39, 0.29) is 6.04 Å². The highest BCUT2D eigenvalue weighted by atomic mass is 35.5. The molecule has 0 bridgehead atoms. The molecule has 1 aromatic rings. The molecule has 5 heteroatoms. The number of hydrogen-bond acceptors (Lipinski definition) is 2. The third kappa shape index (κ3) is 2.92. The molecule has 2 unspecified atom stereocenters. The summed E-state index contributed by atoms with van der Waals surface area (Å²) < 4.78 is 0. The lowest BCUT2D eigenvalue weighted by atomic mass is 9.93. The van der Waals surface area contributed by atoms with E-state index in [4.69, 9.17) is 28.3 Å². The van der Waals surface area contributed by atoms with E-state index in [1.165, 1.54) is 0 Å². The molecular formula is C12H13Cl2NO2. The number of halogens is 2. The first-order valence-electron chi connectivity index (χ1n) is 5.51. The first-order chi connectivity index (χ1) is 8.08. The highest BCUT2D eigenvalue weighted by molar-refractivity contribution is 6.33. The first kappa shape index (κ1) is 12.7. The average Bonchev–Trinajstić information content (AvgIpc) is 2.32. The highest BCUT2D eigenvalue weighted by Crippen LogP contribution is 2.32. The van der Waals surface area contributed by atoms with Crippen LogP contribution in [0.25, 0.3) is 0 Å². The second-order valence-electron chi connectivity index (χ2n) is 4.21. The van der Waals surface area contributed by atoms with Gasteiger partial charge in [-0.1, -0.05) is 23.2 Å². The number of rotatable bonds is 2. The molecule has 2 atom stereocenters. The van der Waals surface area contributed by atoms with Gasteiger partial charge in [-0.05, 0) is 43.0 Å². The minimum atomic E-state index is -0.812. The van der Waals surface area contributed by atoms with Crippen molar-refractivity contribution in [2.75, 3.05) is 0 Å². The fourth-order valence-electron chi connectivity index (χ4n) is 2.16. The Morgan fingerprint density at radius 2 is 2.12 bits per heavy atom. The quantitative estimate of drug-likeness (QED) is 0.870. The molecule has 1 aliphatic rings. The third-order valence-electron chi connectivity index (χ3n) is 3.02. The lowest BCUT2D eigenvalue weighted by Gasteiger charge is -2.29. The molecule has 2 N–H and O–H groups in total. The van der Waals surface area contributed by atoms with Crippen molar-refractivity contribution in [2.45, 2.75) is 31.3 Å². The Morgan fingerprint density at radius 3 is 2.82 bits per heavy atom. The maximum atomic E-state index is 11.0. The summed E-state index contributed by atoms with van der Waals surface area (Å²) in [6.45, 7) is 0. The summed E-state index contributed by atoms with van der Waals surface area (Å²) in [6.07, 6.45) is 2.41. The molecule has 17 heavy (non-hydrogen) atoms. The molecule has 2 rings (SSSR count). The summed E-state index contributed by atoms with van der Waals surface area (Å²) in [5, 5.41) is 13.3. The van der Waals surface area contributed by atoms with Crippen LogP contribution in [-0.2, 0) is 4.79 Å². The highest BCUT2D eigenvalue weighted by Gasteiger charge is 2.27. The molecule has 1 saturated heterocycles. The van der Waals surface area contributed by atoms with E-state index in [1.54, 1.807) is 18.2 Å². The van der Waals surface area contributed by atoms with Crippen molar-refractivity contribution in [3.05, 3.63) is 33.8 Å². The van der Waals surface area contributed by atoms with Gasteiger partial charge in [-0.2, -0.15) is 0 Å². The zero-order chi connectivity index (χ0) is 12.4. The summed E-state index contributed by atoms with van der Waals surface area (Å²) in [6, 6.07) is 4.74. The van der Waals surface area contributed by atoms with Crippen LogP contribution in [0.1, 0.15) is 30.9 Å². The van der Waals surface area contributed by atoms with Crippen molar-refractivity contribution < 1.29 is 9.90 Å². The molecule has 3 nitrogen and oxygen atoms in total. The minimum absolute atomic E-state index is 0.0314. The van der Waals surface area contributed by atoms with Crippen LogP contribution in [0.4, 0.5) is 0 Å². The number of aliphatic carboxylic acids is 1. The Balaban J connectivity index is 2.21. The molecule has 1 aliphatic heterocycles. The van der Waals surface area contributed by atoms with Gasteiger partial charge in [0.25, 0.3) is 0 Å². The van der Waals surface area contributed by atoms with Crippen LogP contribution in [0.3, 0.4) is 0 Å². The van der Waals surface area contributed by atoms with Crippen molar-refractivity contribution >= 4 is 29.2 Å². The number of benzene rings is 1. The Bertz CT molecular complexity index is 437. The SMILES string of the molecule is O=C(O)C1CCCC(c2cc(Cl)ccc2Cl)N1. The minimum Gasteiger partial charge on any atom is -0.480 e.